The second kappa shape index (κ2) is 9.40. The molecule has 0 radical (unpaired) electrons. The fraction of sp³-hybridized carbons (Fsp3) is 0.250. The number of nitrogens with zero attached hydrogens (tertiary/aromatic N) is 1. The zero-order chi connectivity index (χ0) is 20.7. The quantitative estimate of drug-likeness (QED) is 0.324. The second-order valence-electron chi connectivity index (χ2n) is 6.40. The Hall–Kier alpha value is -3.55. The summed E-state index contributed by atoms with van der Waals surface area (Å²) in [6, 6.07) is 12.5. The van der Waals surface area contributed by atoms with Crippen LogP contribution in [0.1, 0.15) is 34.6 Å². The molecule has 2 aromatic rings. The molecular weight excluding hydrogens is 364 g/mol. The number of rotatable bonds is 8. The van der Waals surface area contributed by atoms with Gasteiger partial charge in [-0.3, -0.25) is 19.7 Å². The van der Waals surface area contributed by atoms with Gasteiger partial charge in [-0.2, -0.15) is 0 Å². The molecule has 0 saturated heterocycles. The first-order valence-corrected chi connectivity index (χ1v) is 8.59. The summed E-state index contributed by atoms with van der Waals surface area (Å²) in [4.78, 5) is 46.8. The van der Waals surface area contributed by atoms with Crippen molar-refractivity contribution < 1.29 is 24.0 Å². The highest BCUT2D eigenvalue weighted by Crippen LogP contribution is 2.13. The van der Waals surface area contributed by atoms with Crippen molar-refractivity contribution in [2.75, 3.05) is 6.61 Å². The van der Waals surface area contributed by atoms with Crippen LogP contribution in [0, 0.1) is 16.0 Å². The van der Waals surface area contributed by atoms with Gasteiger partial charge in [0.25, 0.3) is 11.6 Å². The molecule has 8 nitrogen and oxygen atoms in total. The van der Waals surface area contributed by atoms with Gasteiger partial charge in [0.1, 0.15) is 6.04 Å². The van der Waals surface area contributed by atoms with E-state index in [1.165, 1.54) is 24.3 Å². The van der Waals surface area contributed by atoms with E-state index in [1.807, 2.05) is 0 Å². The minimum absolute atomic E-state index is 0.142. The van der Waals surface area contributed by atoms with Crippen LogP contribution in [-0.2, 0) is 9.53 Å². The van der Waals surface area contributed by atoms with Crippen molar-refractivity contribution in [2.45, 2.75) is 19.9 Å². The summed E-state index contributed by atoms with van der Waals surface area (Å²) in [5, 5.41) is 13.3. The number of benzene rings is 2. The number of nitrogens with one attached hydrogen (secondary N) is 1. The van der Waals surface area contributed by atoms with Gasteiger partial charge < -0.3 is 10.1 Å². The monoisotopic (exact) mass is 384 g/mol. The van der Waals surface area contributed by atoms with Crippen LogP contribution in [0.25, 0.3) is 0 Å². The van der Waals surface area contributed by atoms with Crippen LogP contribution in [0.3, 0.4) is 0 Å². The summed E-state index contributed by atoms with van der Waals surface area (Å²) in [6.07, 6.45) is 0. The van der Waals surface area contributed by atoms with Gasteiger partial charge in [0.05, 0.1) is 4.92 Å². The number of non-ortho nitro benzene ring substituents is 1. The smallest absolute Gasteiger partial charge is 0.329 e. The summed E-state index contributed by atoms with van der Waals surface area (Å²) < 4.78 is 5.06. The normalized spacial score (nSPS) is 11.5. The van der Waals surface area contributed by atoms with Crippen LogP contribution in [0.2, 0.25) is 0 Å². The Morgan fingerprint density at radius 3 is 2.14 bits per heavy atom. The lowest BCUT2D eigenvalue weighted by molar-refractivity contribution is -0.384. The van der Waals surface area contributed by atoms with Gasteiger partial charge >= 0.3 is 5.97 Å². The molecule has 0 aromatic heterocycles. The molecule has 2 aromatic carbocycles. The lowest BCUT2D eigenvalue weighted by atomic mass is 10.0. The molecule has 1 N–H and O–H groups in total. The zero-order valence-corrected chi connectivity index (χ0v) is 15.5. The standard InChI is InChI=1S/C20H20N2O6/c1-13(2)18(21-19(24)15-6-4-3-5-7-15)20(25)28-12-17(23)14-8-10-16(11-9-14)22(26)27/h3-11,13,18H,12H2,1-2H3,(H,21,24)/t18-/m0/s1. The molecule has 0 aliphatic rings. The van der Waals surface area contributed by atoms with Gasteiger partial charge in [-0.15, -0.1) is 0 Å². The van der Waals surface area contributed by atoms with E-state index in [0.29, 0.717) is 5.56 Å². The third-order valence-electron chi connectivity index (χ3n) is 3.99. The van der Waals surface area contributed by atoms with Crippen molar-refractivity contribution in [3.63, 3.8) is 0 Å². The van der Waals surface area contributed by atoms with Crippen LogP contribution in [0.4, 0.5) is 5.69 Å². The summed E-state index contributed by atoms with van der Waals surface area (Å²) in [5.74, 6) is -1.90. The molecule has 28 heavy (non-hydrogen) atoms. The Bertz CT molecular complexity index is 862. The van der Waals surface area contributed by atoms with Gasteiger partial charge in [-0.25, -0.2) is 4.79 Å². The Kier molecular flexibility index (Phi) is 6.97. The average molecular weight is 384 g/mol. The number of nitro groups is 1. The predicted octanol–water partition coefficient (Wildman–Crippen LogP) is 2.78. The fourth-order valence-corrected chi connectivity index (χ4v) is 2.39. The molecule has 0 saturated carbocycles. The van der Waals surface area contributed by atoms with Crippen molar-refractivity contribution in [1.82, 2.24) is 5.32 Å². The van der Waals surface area contributed by atoms with Gasteiger partial charge in [0.15, 0.2) is 12.4 Å². The Labute approximate surface area is 161 Å². The highest BCUT2D eigenvalue weighted by molar-refractivity contribution is 5.99. The van der Waals surface area contributed by atoms with Gasteiger partial charge in [0, 0.05) is 23.3 Å². The molecule has 0 heterocycles. The van der Waals surface area contributed by atoms with E-state index in [9.17, 15) is 24.5 Å². The van der Waals surface area contributed by atoms with Crippen molar-refractivity contribution in [3.8, 4) is 0 Å². The first-order valence-electron chi connectivity index (χ1n) is 8.59. The average Bonchev–Trinajstić information content (AvgIpc) is 2.70. The maximum atomic E-state index is 12.4. The number of hydrogen-bond donors (Lipinski definition) is 1. The zero-order valence-electron chi connectivity index (χ0n) is 15.5. The minimum Gasteiger partial charge on any atom is -0.456 e. The minimum atomic E-state index is -0.919. The Morgan fingerprint density at radius 2 is 1.61 bits per heavy atom. The molecule has 8 heteroatoms. The predicted molar refractivity (Wildman–Crippen MR) is 101 cm³/mol. The molecule has 0 aliphatic heterocycles. The lowest BCUT2D eigenvalue weighted by Gasteiger charge is -2.20. The number of Topliss-reactive ketones (excluding diaryl/α,β-unsaturated/α-hetero) is 1. The van der Waals surface area contributed by atoms with E-state index >= 15 is 0 Å². The van der Waals surface area contributed by atoms with E-state index in [-0.39, 0.29) is 17.2 Å². The summed E-state index contributed by atoms with van der Waals surface area (Å²) in [5.41, 5.74) is 0.452. The van der Waals surface area contributed by atoms with E-state index < -0.39 is 35.2 Å². The molecule has 146 valence electrons. The van der Waals surface area contributed by atoms with Crippen molar-refractivity contribution in [2.24, 2.45) is 5.92 Å². The van der Waals surface area contributed by atoms with Gasteiger partial charge in [0.2, 0.25) is 0 Å². The number of amides is 1. The van der Waals surface area contributed by atoms with Crippen LogP contribution in [0.5, 0.6) is 0 Å². The van der Waals surface area contributed by atoms with Crippen molar-refractivity contribution in [1.29, 1.82) is 0 Å². The van der Waals surface area contributed by atoms with Gasteiger partial charge in [-0.1, -0.05) is 32.0 Å². The largest absolute Gasteiger partial charge is 0.456 e. The third kappa shape index (κ3) is 5.47. The summed E-state index contributed by atoms with van der Waals surface area (Å²) in [6.45, 7) is 2.96. The van der Waals surface area contributed by atoms with Crippen LogP contribution < -0.4 is 5.32 Å². The van der Waals surface area contributed by atoms with Crippen LogP contribution >= 0.6 is 0 Å². The van der Waals surface area contributed by atoms with Crippen molar-refractivity contribution >= 4 is 23.3 Å². The number of hydrogen-bond acceptors (Lipinski definition) is 6. The van der Waals surface area contributed by atoms with Crippen molar-refractivity contribution in [3.05, 3.63) is 75.8 Å². The topological polar surface area (TPSA) is 116 Å². The van der Waals surface area contributed by atoms with Crippen LogP contribution in [-0.4, -0.2) is 35.2 Å². The fourth-order valence-electron chi connectivity index (χ4n) is 2.39. The molecule has 0 spiro atoms. The lowest BCUT2D eigenvalue weighted by Crippen LogP contribution is -2.45. The summed E-state index contributed by atoms with van der Waals surface area (Å²) >= 11 is 0. The highest BCUT2D eigenvalue weighted by atomic mass is 16.6. The molecule has 1 atom stereocenters. The Morgan fingerprint density at radius 1 is 1.00 bits per heavy atom. The number of ketones is 1. The third-order valence-corrected chi connectivity index (χ3v) is 3.99. The maximum absolute atomic E-state index is 12.4. The van der Waals surface area contributed by atoms with Crippen LogP contribution in [0.15, 0.2) is 54.6 Å². The number of esters is 1. The number of nitro benzene ring substituents is 1. The SMILES string of the molecule is CC(C)[C@H](NC(=O)c1ccccc1)C(=O)OCC(=O)c1ccc([N+](=O)[O-])cc1. The highest BCUT2D eigenvalue weighted by Gasteiger charge is 2.27. The molecule has 0 bridgehead atoms. The van der Waals surface area contributed by atoms with E-state index in [1.54, 1.807) is 44.2 Å². The number of ether oxygens (including phenoxy) is 1. The molecule has 0 fully saturated rings. The first kappa shape index (κ1) is 20.8. The Balaban J connectivity index is 1.97. The summed E-state index contributed by atoms with van der Waals surface area (Å²) in [7, 11) is 0. The van der Waals surface area contributed by atoms with E-state index in [2.05, 4.69) is 5.32 Å². The van der Waals surface area contributed by atoms with E-state index in [4.69, 9.17) is 4.74 Å². The molecule has 2 rings (SSSR count). The molecule has 0 aliphatic carbocycles. The first-order chi connectivity index (χ1) is 13.3. The second-order valence-corrected chi connectivity index (χ2v) is 6.40. The molecule has 1 amide bonds. The van der Waals surface area contributed by atoms with Gasteiger partial charge in [-0.05, 0) is 30.2 Å². The maximum Gasteiger partial charge on any atom is 0.329 e. The number of carbonyl (C=O) groups is 3. The molecular formula is C20H20N2O6. The van der Waals surface area contributed by atoms with E-state index in [0.717, 1.165) is 0 Å². The molecule has 0 unspecified atom stereocenters. The number of carbonyl (C=O) groups excluding carboxylic acids is 3.